The Morgan fingerprint density at radius 2 is 2.14 bits per heavy atom. The van der Waals surface area contributed by atoms with E-state index >= 15 is 0 Å². The SMILES string of the molecule is CC(C)(C)OC(=O)NC1(c2csc(F)n2)CC(C(=O)O)C1. The summed E-state index contributed by atoms with van der Waals surface area (Å²) in [5.74, 6) is -1.52. The van der Waals surface area contributed by atoms with Gasteiger partial charge in [-0.1, -0.05) is 11.3 Å². The first-order valence-electron chi connectivity index (χ1n) is 6.47. The second-order valence-electron chi connectivity index (χ2n) is 6.14. The van der Waals surface area contributed by atoms with E-state index in [9.17, 15) is 14.0 Å². The van der Waals surface area contributed by atoms with Crippen LogP contribution in [0, 0.1) is 11.2 Å². The standard InChI is InChI=1S/C13H17FN2O4S/c1-12(2,3)20-11(19)16-13(4-7(5-13)9(17)18)8-6-21-10(14)15-8/h6-7H,4-5H2,1-3H3,(H,16,19)(H,17,18). The van der Waals surface area contributed by atoms with Crippen LogP contribution >= 0.6 is 11.3 Å². The second-order valence-corrected chi connectivity index (χ2v) is 6.95. The van der Waals surface area contributed by atoms with Gasteiger partial charge in [0.2, 0.25) is 0 Å². The van der Waals surface area contributed by atoms with E-state index in [1.54, 1.807) is 20.8 Å². The van der Waals surface area contributed by atoms with E-state index in [0.29, 0.717) is 5.69 Å². The summed E-state index contributed by atoms with van der Waals surface area (Å²) in [6.45, 7) is 5.17. The van der Waals surface area contributed by atoms with Gasteiger partial charge in [0, 0.05) is 5.38 Å². The van der Waals surface area contributed by atoms with Gasteiger partial charge in [-0.05, 0) is 33.6 Å². The van der Waals surface area contributed by atoms with Crippen molar-refractivity contribution >= 4 is 23.4 Å². The highest BCUT2D eigenvalue weighted by atomic mass is 32.1. The van der Waals surface area contributed by atoms with Gasteiger partial charge in [-0.25, -0.2) is 9.78 Å². The van der Waals surface area contributed by atoms with Crippen molar-refractivity contribution < 1.29 is 23.8 Å². The topological polar surface area (TPSA) is 88.5 Å². The fraction of sp³-hybridized carbons (Fsp3) is 0.615. The van der Waals surface area contributed by atoms with Crippen LogP contribution in [0.3, 0.4) is 0 Å². The Labute approximate surface area is 125 Å². The summed E-state index contributed by atoms with van der Waals surface area (Å²) in [6.07, 6.45) is -0.324. The molecule has 0 unspecified atom stereocenters. The summed E-state index contributed by atoms with van der Waals surface area (Å²) in [4.78, 5) is 26.6. The smallest absolute Gasteiger partial charge is 0.408 e. The van der Waals surface area contributed by atoms with Crippen LogP contribution in [0.4, 0.5) is 9.18 Å². The molecular formula is C13H17FN2O4S. The Kier molecular flexibility index (Phi) is 3.92. The number of alkyl carbamates (subject to hydrolysis) is 1. The molecule has 0 radical (unpaired) electrons. The van der Waals surface area contributed by atoms with E-state index in [2.05, 4.69) is 10.3 Å². The van der Waals surface area contributed by atoms with Crippen molar-refractivity contribution in [3.63, 3.8) is 0 Å². The van der Waals surface area contributed by atoms with E-state index in [1.807, 2.05) is 0 Å². The molecule has 1 aliphatic rings. The van der Waals surface area contributed by atoms with E-state index in [-0.39, 0.29) is 12.8 Å². The zero-order chi connectivity index (χ0) is 15.8. The number of aromatic nitrogens is 1. The number of rotatable bonds is 3. The third-order valence-corrected chi connectivity index (χ3v) is 3.87. The minimum Gasteiger partial charge on any atom is -0.481 e. The molecule has 1 aliphatic carbocycles. The molecule has 2 N–H and O–H groups in total. The van der Waals surface area contributed by atoms with Crippen molar-refractivity contribution in [1.82, 2.24) is 10.3 Å². The molecule has 0 bridgehead atoms. The molecule has 1 aromatic rings. The van der Waals surface area contributed by atoms with Gasteiger partial charge in [-0.2, -0.15) is 4.39 Å². The Hall–Kier alpha value is -1.70. The van der Waals surface area contributed by atoms with Crippen LogP contribution < -0.4 is 5.32 Å². The number of hydrogen-bond donors (Lipinski definition) is 2. The molecule has 1 aromatic heterocycles. The summed E-state index contributed by atoms with van der Waals surface area (Å²) in [5, 5.41) is 12.5. The number of carboxylic acids is 1. The Morgan fingerprint density at radius 3 is 2.57 bits per heavy atom. The maximum absolute atomic E-state index is 13.1. The fourth-order valence-electron chi connectivity index (χ4n) is 2.30. The molecule has 1 amide bonds. The molecule has 2 rings (SSSR count). The van der Waals surface area contributed by atoms with E-state index in [4.69, 9.17) is 9.84 Å². The highest BCUT2D eigenvalue weighted by Gasteiger charge is 2.52. The predicted octanol–water partition coefficient (Wildman–Crippen LogP) is 2.50. The Morgan fingerprint density at radius 1 is 1.52 bits per heavy atom. The summed E-state index contributed by atoms with van der Waals surface area (Å²) in [5.41, 5.74) is -1.30. The third-order valence-electron chi connectivity index (χ3n) is 3.25. The summed E-state index contributed by atoms with van der Waals surface area (Å²) in [7, 11) is 0. The van der Waals surface area contributed by atoms with Crippen molar-refractivity contribution in [2.24, 2.45) is 5.92 Å². The first-order chi connectivity index (χ1) is 9.61. The lowest BCUT2D eigenvalue weighted by Gasteiger charge is -2.45. The lowest BCUT2D eigenvalue weighted by Crippen LogP contribution is -2.57. The number of nitrogens with one attached hydrogen (secondary N) is 1. The van der Waals surface area contributed by atoms with Gasteiger partial charge in [0.05, 0.1) is 17.2 Å². The van der Waals surface area contributed by atoms with Crippen LogP contribution in [0.5, 0.6) is 0 Å². The third kappa shape index (κ3) is 3.49. The van der Waals surface area contributed by atoms with E-state index in [1.165, 1.54) is 5.38 Å². The minimum atomic E-state index is -0.966. The molecule has 8 heteroatoms. The molecule has 0 aromatic carbocycles. The zero-order valence-corrected chi connectivity index (χ0v) is 12.8. The fourth-order valence-corrected chi connectivity index (χ4v) is 2.94. The lowest BCUT2D eigenvalue weighted by atomic mass is 9.66. The molecule has 0 spiro atoms. The number of thiazole rings is 1. The number of carbonyl (C=O) groups excluding carboxylic acids is 1. The van der Waals surface area contributed by atoms with Crippen molar-refractivity contribution in [3.8, 4) is 0 Å². The second kappa shape index (κ2) is 5.25. The Balaban J connectivity index is 2.15. The van der Waals surface area contributed by atoms with Gasteiger partial charge < -0.3 is 15.2 Å². The molecule has 6 nitrogen and oxygen atoms in total. The van der Waals surface area contributed by atoms with Crippen molar-refractivity contribution in [1.29, 1.82) is 0 Å². The number of halogens is 1. The Bertz CT molecular complexity index is 561. The molecule has 1 heterocycles. The van der Waals surface area contributed by atoms with Crippen LogP contribution in [-0.2, 0) is 15.1 Å². The van der Waals surface area contributed by atoms with Gasteiger partial charge in [-0.3, -0.25) is 4.79 Å². The highest BCUT2D eigenvalue weighted by molar-refractivity contribution is 7.08. The average molecular weight is 316 g/mol. The number of nitrogens with zero attached hydrogens (tertiary/aromatic N) is 1. The van der Waals surface area contributed by atoms with Crippen LogP contribution in [0.15, 0.2) is 5.38 Å². The molecule has 0 saturated heterocycles. The van der Waals surface area contributed by atoms with E-state index in [0.717, 1.165) is 11.3 Å². The number of ether oxygens (including phenoxy) is 1. The van der Waals surface area contributed by atoms with Crippen LogP contribution in [0.25, 0.3) is 0 Å². The monoisotopic (exact) mass is 316 g/mol. The quantitative estimate of drug-likeness (QED) is 0.894. The number of amides is 1. The molecule has 0 aliphatic heterocycles. The van der Waals surface area contributed by atoms with E-state index < -0.39 is 34.4 Å². The number of aliphatic carboxylic acids is 1. The van der Waals surface area contributed by atoms with Crippen molar-refractivity contribution in [2.75, 3.05) is 0 Å². The number of carbonyl (C=O) groups is 2. The van der Waals surface area contributed by atoms with Crippen LogP contribution in [0.2, 0.25) is 0 Å². The minimum absolute atomic E-state index is 0.171. The number of carboxylic acid groups (broad SMARTS) is 1. The van der Waals surface area contributed by atoms with Crippen LogP contribution in [0.1, 0.15) is 39.3 Å². The van der Waals surface area contributed by atoms with Gasteiger partial charge in [-0.15, -0.1) is 0 Å². The first kappa shape index (κ1) is 15.7. The number of hydrogen-bond acceptors (Lipinski definition) is 5. The van der Waals surface area contributed by atoms with Crippen molar-refractivity contribution in [2.45, 2.75) is 44.8 Å². The van der Waals surface area contributed by atoms with Gasteiger partial charge in [0.25, 0.3) is 5.26 Å². The summed E-state index contributed by atoms with van der Waals surface area (Å²) < 4.78 is 18.3. The van der Waals surface area contributed by atoms with Crippen molar-refractivity contribution in [3.05, 3.63) is 16.3 Å². The molecule has 1 saturated carbocycles. The molecular weight excluding hydrogens is 299 g/mol. The maximum Gasteiger partial charge on any atom is 0.408 e. The molecule has 21 heavy (non-hydrogen) atoms. The molecule has 1 fully saturated rings. The largest absolute Gasteiger partial charge is 0.481 e. The normalized spacial score (nSPS) is 25.0. The average Bonchev–Trinajstić information content (AvgIpc) is 2.66. The summed E-state index contributed by atoms with van der Waals surface area (Å²) in [6, 6.07) is 0. The van der Waals surface area contributed by atoms with Gasteiger partial charge in [0.1, 0.15) is 5.60 Å². The predicted molar refractivity (Wildman–Crippen MR) is 73.5 cm³/mol. The lowest BCUT2D eigenvalue weighted by molar-refractivity contribution is -0.148. The van der Waals surface area contributed by atoms with Gasteiger partial charge in [0.15, 0.2) is 0 Å². The zero-order valence-electron chi connectivity index (χ0n) is 12.0. The molecule has 0 atom stereocenters. The maximum atomic E-state index is 13.1. The van der Waals surface area contributed by atoms with Crippen LogP contribution in [-0.4, -0.2) is 27.8 Å². The summed E-state index contributed by atoms with van der Waals surface area (Å²) >= 11 is 0.813. The highest BCUT2D eigenvalue weighted by Crippen LogP contribution is 2.46. The van der Waals surface area contributed by atoms with Gasteiger partial charge >= 0.3 is 12.1 Å². The first-order valence-corrected chi connectivity index (χ1v) is 7.35. The molecule has 116 valence electrons.